The molecule has 4 saturated carbocycles. The van der Waals surface area contributed by atoms with Crippen molar-refractivity contribution in [2.75, 3.05) is 5.32 Å². The number of hydrogen-bond donors (Lipinski definition) is 1. The maximum absolute atomic E-state index is 5.11. The highest BCUT2D eigenvalue weighted by Gasteiger charge is 2.48. The molecule has 0 aromatic heterocycles. The van der Waals surface area contributed by atoms with Crippen LogP contribution in [0.4, 0.5) is 5.69 Å². The average Bonchev–Trinajstić information content (AvgIpc) is 2.44. The van der Waals surface area contributed by atoms with Gasteiger partial charge in [0.25, 0.3) is 0 Å². The number of nitrogens with one attached hydrogen (secondary N) is 1. The molecule has 0 saturated heterocycles. The molecule has 3 heteroatoms. The zero-order valence-electron chi connectivity index (χ0n) is 12.6. The molecule has 4 aliphatic carbocycles. The van der Waals surface area contributed by atoms with Crippen molar-refractivity contribution >= 4 is 34.1 Å². The molecule has 0 radical (unpaired) electrons. The Labute approximate surface area is 141 Å². The van der Waals surface area contributed by atoms with Crippen LogP contribution in [-0.4, -0.2) is 11.9 Å². The van der Waals surface area contributed by atoms with Crippen LogP contribution in [0.1, 0.15) is 39.0 Å². The molecule has 0 amide bonds. The number of para-hydroxylation sites is 1. The summed E-state index contributed by atoms with van der Waals surface area (Å²) in [6.07, 6.45) is 7.28. The van der Waals surface area contributed by atoms with Gasteiger partial charge in [0.2, 0.25) is 0 Å². The van der Waals surface area contributed by atoms with Gasteiger partial charge in [-0.05, 0) is 97.4 Å². The van der Waals surface area contributed by atoms with E-state index in [0.29, 0.717) is 6.04 Å². The van der Waals surface area contributed by atoms with Gasteiger partial charge >= 0.3 is 0 Å². The summed E-state index contributed by atoms with van der Waals surface area (Å²) in [6, 6.07) is 9.03. The zero-order chi connectivity index (χ0) is 14.4. The summed E-state index contributed by atoms with van der Waals surface area (Å²) in [5, 5.41) is 3.51. The summed E-state index contributed by atoms with van der Waals surface area (Å²) >= 11 is 2.38. The number of nitrogens with zero attached hydrogens (tertiary/aromatic N) is 1. The van der Waals surface area contributed by atoms with Crippen molar-refractivity contribution in [1.29, 1.82) is 0 Å². The Morgan fingerprint density at radius 3 is 2.29 bits per heavy atom. The molecule has 0 unspecified atom stereocenters. The van der Waals surface area contributed by atoms with Crippen LogP contribution in [0.3, 0.4) is 0 Å². The first-order chi connectivity index (χ1) is 10.2. The Hall–Kier alpha value is -0.580. The van der Waals surface area contributed by atoms with Crippen LogP contribution in [0.25, 0.3) is 0 Å². The summed E-state index contributed by atoms with van der Waals surface area (Å²) in [7, 11) is 0. The first-order valence-electron chi connectivity index (χ1n) is 8.25. The van der Waals surface area contributed by atoms with E-state index < -0.39 is 0 Å². The lowest BCUT2D eigenvalue weighted by Gasteiger charge is -2.53. The lowest BCUT2D eigenvalue weighted by atomic mass is 9.54. The molecular formula is C18H23IN2. The van der Waals surface area contributed by atoms with Crippen molar-refractivity contribution in [2.45, 2.75) is 45.1 Å². The van der Waals surface area contributed by atoms with Crippen molar-refractivity contribution < 1.29 is 0 Å². The van der Waals surface area contributed by atoms with E-state index in [1.54, 1.807) is 0 Å². The third-order valence-corrected chi connectivity index (χ3v) is 6.65. The second-order valence-corrected chi connectivity index (χ2v) is 8.40. The van der Waals surface area contributed by atoms with E-state index in [-0.39, 0.29) is 0 Å². The van der Waals surface area contributed by atoms with E-state index in [4.69, 9.17) is 4.99 Å². The predicted molar refractivity (Wildman–Crippen MR) is 96.7 cm³/mol. The molecule has 0 spiro atoms. The van der Waals surface area contributed by atoms with Gasteiger partial charge in [-0.25, -0.2) is 0 Å². The molecular weight excluding hydrogens is 371 g/mol. The maximum atomic E-state index is 5.11. The summed E-state index contributed by atoms with van der Waals surface area (Å²) in [5.74, 6) is 4.89. The van der Waals surface area contributed by atoms with Gasteiger partial charge in [0.05, 0.1) is 17.6 Å². The lowest BCUT2D eigenvalue weighted by molar-refractivity contribution is 0.00126. The van der Waals surface area contributed by atoms with Gasteiger partial charge in [-0.3, -0.25) is 4.99 Å². The molecule has 0 heterocycles. The van der Waals surface area contributed by atoms with Crippen LogP contribution in [0.5, 0.6) is 0 Å². The molecule has 2 nitrogen and oxygen atoms in total. The fourth-order valence-corrected chi connectivity index (χ4v) is 5.64. The zero-order valence-corrected chi connectivity index (χ0v) is 14.7. The molecule has 112 valence electrons. The van der Waals surface area contributed by atoms with Gasteiger partial charge in [-0.1, -0.05) is 12.1 Å². The van der Waals surface area contributed by atoms with Gasteiger partial charge in [0.15, 0.2) is 0 Å². The molecule has 1 N–H and O–H groups in total. The number of rotatable bonds is 2. The summed E-state index contributed by atoms with van der Waals surface area (Å²) in [5.41, 5.74) is 1.18. The van der Waals surface area contributed by atoms with Crippen LogP contribution < -0.4 is 5.32 Å². The van der Waals surface area contributed by atoms with Crippen molar-refractivity contribution in [3.8, 4) is 0 Å². The lowest BCUT2D eigenvalue weighted by Crippen LogP contribution is -2.47. The minimum Gasteiger partial charge on any atom is -0.343 e. The first kappa shape index (κ1) is 14.0. The number of amidine groups is 1. The Balaban J connectivity index is 1.50. The molecule has 0 atom stereocenters. The van der Waals surface area contributed by atoms with Crippen LogP contribution in [0, 0.1) is 27.2 Å². The molecule has 0 aliphatic heterocycles. The topological polar surface area (TPSA) is 24.4 Å². The highest BCUT2D eigenvalue weighted by molar-refractivity contribution is 14.1. The maximum Gasteiger partial charge on any atom is 0.0979 e. The molecule has 4 fully saturated rings. The van der Waals surface area contributed by atoms with Gasteiger partial charge in [0, 0.05) is 3.57 Å². The monoisotopic (exact) mass is 394 g/mol. The van der Waals surface area contributed by atoms with Crippen molar-refractivity contribution in [3.63, 3.8) is 0 Å². The summed E-state index contributed by atoms with van der Waals surface area (Å²) < 4.78 is 1.26. The molecule has 5 rings (SSSR count). The quantitative estimate of drug-likeness (QED) is 0.429. The Morgan fingerprint density at radius 1 is 1.05 bits per heavy atom. The highest BCUT2D eigenvalue weighted by Crippen LogP contribution is 2.54. The molecule has 4 aliphatic rings. The SMILES string of the molecule is CC(=NC1C2CC3CC(C2)CC1C3)Nc1ccccc1I. The van der Waals surface area contributed by atoms with Crippen LogP contribution in [0.2, 0.25) is 0 Å². The second-order valence-electron chi connectivity index (χ2n) is 7.24. The number of anilines is 1. The number of benzene rings is 1. The Kier molecular flexibility index (Phi) is 3.72. The second kappa shape index (κ2) is 5.56. The molecule has 1 aromatic carbocycles. The minimum atomic E-state index is 0.590. The molecule has 4 bridgehead atoms. The first-order valence-corrected chi connectivity index (χ1v) is 9.33. The van der Waals surface area contributed by atoms with Crippen LogP contribution >= 0.6 is 22.6 Å². The van der Waals surface area contributed by atoms with Gasteiger partial charge < -0.3 is 5.32 Å². The van der Waals surface area contributed by atoms with Gasteiger partial charge in [0.1, 0.15) is 0 Å². The van der Waals surface area contributed by atoms with E-state index in [9.17, 15) is 0 Å². The van der Waals surface area contributed by atoms with Gasteiger partial charge in [-0.15, -0.1) is 0 Å². The Morgan fingerprint density at radius 2 is 1.67 bits per heavy atom. The molecule has 1 aromatic rings. The fraction of sp³-hybridized carbons (Fsp3) is 0.611. The highest BCUT2D eigenvalue weighted by atomic mass is 127. The smallest absolute Gasteiger partial charge is 0.0979 e. The molecule has 21 heavy (non-hydrogen) atoms. The van der Waals surface area contributed by atoms with Crippen LogP contribution in [0.15, 0.2) is 29.3 Å². The summed E-state index contributed by atoms with van der Waals surface area (Å²) in [6.45, 7) is 2.13. The van der Waals surface area contributed by atoms with Crippen molar-refractivity contribution in [1.82, 2.24) is 0 Å². The number of aliphatic imine (C=N–C) groups is 1. The minimum absolute atomic E-state index is 0.590. The summed E-state index contributed by atoms with van der Waals surface area (Å²) in [4.78, 5) is 5.11. The average molecular weight is 394 g/mol. The number of hydrogen-bond acceptors (Lipinski definition) is 1. The van der Waals surface area contributed by atoms with E-state index in [1.807, 2.05) is 0 Å². The standard InChI is InChI=1S/C18H23IN2/c1-11(20-17-5-3-2-4-16(17)19)21-18-14-7-12-6-13(9-14)10-15(18)8-12/h2-5,12-15,18H,6-10H2,1H3,(H,20,21). The third kappa shape index (κ3) is 2.73. The fourth-order valence-electron chi connectivity index (χ4n) is 5.12. The normalized spacial score (nSPS) is 37.8. The Bertz CT molecular complexity index is 538. The van der Waals surface area contributed by atoms with E-state index in [0.717, 1.165) is 29.5 Å². The van der Waals surface area contributed by atoms with Crippen molar-refractivity contribution in [2.24, 2.45) is 28.7 Å². The van der Waals surface area contributed by atoms with Crippen molar-refractivity contribution in [3.05, 3.63) is 27.8 Å². The third-order valence-electron chi connectivity index (χ3n) is 5.71. The van der Waals surface area contributed by atoms with Gasteiger partial charge in [-0.2, -0.15) is 0 Å². The number of halogens is 1. The predicted octanol–water partition coefficient (Wildman–Crippen LogP) is 4.95. The van der Waals surface area contributed by atoms with E-state index in [2.05, 4.69) is 59.1 Å². The van der Waals surface area contributed by atoms with Crippen LogP contribution in [-0.2, 0) is 0 Å². The van der Waals surface area contributed by atoms with E-state index >= 15 is 0 Å². The van der Waals surface area contributed by atoms with E-state index in [1.165, 1.54) is 41.4 Å². The largest absolute Gasteiger partial charge is 0.343 e.